The van der Waals surface area contributed by atoms with Crippen LogP contribution < -0.4 is 5.43 Å². The molecule has 0 unspecified atom stereocenters. The summed E-state index contributed by atoms with van der Waals surface area (Å²) >= 11 is 0. The van der Waals surface area contributed by atoms with Gasteiger partial charge in [-0.25, -0.2) is 5.43 Å². The minimum Gasteiger partial charge on any atom is -0.344 e. The van der Waals surface area contributed by atoms with E-state index in [0.29, 0.717) is 13.0 Å². The smallest absolute Gasteiger partial charge is 0.241 e. The maximum Gasteiger partial charge on any atom is 0.241 e. The van der Waals surface area contributed by atoms with Gasteiger partial charge >= 0.3 is 0 Å². The molecule has 0 atom stereocenters. The Morgan fingerprint density at radius 2 is 1.83 bits per heavy atom. The number of amides is 1. The summed E-state index contributed by atoms with van der Waals surface area (Å²) in [6.45, 7) is 2.66. The van der Waals surface area contributed by atoms with Crippen molar-refractivity contribution < 1.29 is 4.79 Å². The number of para-hydroxylation sites is 1. The summed E-state index contributed by atoms with van der Waals surface area (Å²) in [5.74, 6) is -0.0592. The van der Waals surface area contributed by atoms with Crippen LogP contribution in [0.3, 0.4) is 0 Å². The second kappa shape index (κ2) is 8.91. The minimum atomic E-state index is -0.0592. The van der Waals surface area contributed by atoms with E-state index in [0.717, 1.165) is 24.0 Å². The monoisotopic (exact) mass is 385 g/mol. The third-order valence-electron chi connectivity index (χ3n) is 5.50. The van der Waals surface area contributed by atoms with Crippen molar-refractivity contribution >= 4 is 29.1 Å². The standard InChI is InChI=1S/C25H27N3O/c1-19(17-20-9-3-2-4-10-20)18-26-27-25(29)15-16-28-23-13-7-5-11-21(23)22-12-6-8-14-24(22)28/h2-5,7,9-11,13,17-18H,6,8,12,14-16H2,1H3,(H,27,29)/b19-17-,26-18-. The second-order valence-electron chi connectivity index (χ2n) is 7.64. The fourth-order valence-corrected chi connectivity index (χ4v) is 4.17. The van der Waals surface area contributed by atoms with E-state index in [1.54, 1.807) is 6.21 Å². The highest BCUT2D eigenvalue weighted by molar-refractivity contribution is 5.87. The Morgan fingerprint density at radius 1 is 1.07 bits per heavy atom. The SMILES string of the molecule is CC(/C=N\NC(=O)CCn1c2c(c3ccccc31)CCCC2)=C/c1ccccc1. The van der Waals surface area contributed by atoms with Crippen molar-refractivity contribution in [2.24, 2.45) is 5.10 Å². The number of allylic oxidation sites excluding steroid dienone is 1. The number of rotatable bonds is 6. The number of hydrogen-bond donors (Lipinski definition) is 1. The van der Waals surface area contributed by atoms with Crippen LogP contribution in [0.2, 0.25) is 0 Å². The molecule has 1 N–H and O–H groups in total. The van der Waals surface area contributed by atoms with Gasteiger partial charge in [0, 0.05) is 29.6 Å². The number of carbonyl (C=O) groups excluding carboxylic acids is 1. The quantitative estimate of drug-likeness (QED) is 0.465. The molecule has 2 aromatic carbocycles. The molecule has 0 spiro atoms. The molecule has 1 heterocycles. The lowest BCUT2D eigenvalue weighted by Crippen LogP contribution is -2.20. The van der Waals surface area contributed by atoms with Gasteiger partial charge in [-0.2, -0.15) is 5.10 Å². The summed E-state index contributed by atoms with van der Waals surface area (Å²) < 4.78 is 2.34. The van der Waals surface area contributed by atoms with Crippen LogP contribution in [0.15, 0.2) is 65.3 Å². The molecule has 0 aliphatic heterocycles. The zero-order valence-corrected chi connectivity index (χ0v) is 16.9. The zero-order valence-electron chi connectivity index (χ0n) is 16.9. The fourth-order valence-electron chi connectivity index (χ4n) is 4.17. The van der Waals surface area contributed by atoms with Crippen LogP contribution >= 0.6 is 0 Å². The average Bonchev–Trinajstić information content (AvgIpc) is 3.07. The van der Waals surface area contributed by atoms with Crippen LogP contribution in [0.5, 0.6) is 0 Å². The van der Waals surface area contributed by atoms with Gasteiger partial charge in [-0.15, -0.1) is 0 Å². The zero-order chi connectivity index (χ0) is 20.1. The van der Waals surface area contributed by atoms with Crippen LogP contribution in [0.25, 0.3) is 17.0 Å². The van der Waals surface area contributed by atoms with Crippen molar-refractivity contribution in [1.29, 1.82) is 0 Å². The normalized spacial score (nSPS) is 14.3. The van der Waals surface area contributed by atoms with Crippen LogP contribution in [-0.2, 0) is 24.2 Å². The van der Waals surface area contributed by atoms with Crippen molar-refractivity contribution in [3.8, 4) is 0 Å². The van der Waals surface area contributed by atoms with Crippen LogP contribution in [0.4, 0.5) is 0 Å². The average molecular weight is 386 g/mol. The highest BCUT2D eigenvalue weighted by atomic mass is 16.2. The summed E-state index contributed by atoms with van der Waals surface area (Å²) in [6, 6.07) is 18.6. The van der Waals surface area contributed by atoms with E-state index >= 15 is 0 Å². The van der Waals surface area contributed by atoms with Crippen molar-refractivity contribution in [3.63, 3.8) is 0 Å². The molecule has 1 aliphatic rings. The van der Waals surface area contributed by atoms with E-state index in [2.05, 4.69) is 39.4 Å². The van der Waals surface area contributed by atoms with Crippen LogP contribution in [0, 0.1) is 0 Å². The van der Waals surface area contributed by atoms with Gasteiger partial charge in [0.05, 0.1) is 6.21 Å². The molecule has 4 rings (SSSR count). The Balaban J connectivity index is 1.39. The highest BCUT2D eigenvalue weighted by Crippen LogP contribution is 2.32. The molecule has 3 aromatic rings. The van der Waals surface area contributed by atoms with Gasteiger partial charge in [-0.05, 0) is 55.4 Å². The Labute approximate surface area is 171 Å². The molecule has 1 amide bonds. The van der Waals surface area contributed by atoms with Crippen molar-refractivity contribution in [2.45, 2.75) is 45.6 Å². The lowest BCUT2D eigenvalue weighted by Gasteiger charge is -2.15. The lowest BCUT2D eigenvalue weighted by molar-refractivity contribution is -0.121. The number of benzene rings is 2. The fraction of sp³-hybridized carbons (Fsp3) is 0.280. The molecule has 1 aromatic heterocycles. The number of nitrogens with zero attached hydrogens (tertiary/aromatic N) is 2. The molecular formula is C25H27N3O. The number of aromatic nitrogens is 1. The van der Waals surface area contributed by atoms with Crippen LogP contribution in [-0.4, -0.2) is 16.7 Å². The van der Waals surface area contributed by atoms with Gasteiger partial charge in [0.25, 0.3) is 0 Å². The first kappa shape index (κ1) is 19.2. The van der Waals surface area contributed by atoms with E-state index in [9.17, 15) is 4.79 Å². The summed E-state index contributed by atoms with van der Waals surface area (Å²) in [4.78, 5) is 12.3. The van der Waals surface area contributed by atoms with Gasteiger partial charge < -0.3 is 4.57 Å². The number of aryl methyl sites for hydroxylation is 2. The van der Waals surface area contributed by atoms with Crippen molar-refractivity contribution in [2.75, 3.05) is 0 Å². The summed E-state index contributed by atoms with van der Waals surface area (Å²) in [7, 11) is 0. The van der Waals surface area contributed by atoms with E-state index in [1.807, 2.05) is 43.3 Å². The summed E-state index contributed by atoms with van der Waals surface area (Å²) in [5, 5.41) is 5.46. The third kappa shape index (κ3) is 4.48. The number of fused-ring (bicyclic) bond motifs is 3. The van der Waals surface area contributed by atoms with E-state index in [1.165, 1.54) is 35.0 Å². The second-order valence-corrected chi connectivity index (χ2v) is 7.64. The lowest BCUT2D eigenvalue weighted by atomic mass is 9.95. The number of carbonyl (C=O) groups is 1. The molecule has 1 aliphatic carbocycles. The molecule has 148 valence electrons. The van der Waals surface area contributed by atoms with Gasteiger partial charge in [-0.3, -0.25) is 4.79 Å². The van der Waals surface area contributed by atoms with Gasteiger partial charge in [-0.1, -0.05) is 54.6 Å². The Bertz CT molecular complexity index is 1060. The van der Waals surface area contributed by atoms with E-state index in [4.69, 9.17) is 0 Å². The molecule has 0 saturated heterocycles. The van der Waals surface area contributed by atoms with Gasteiger partial charge in [0.2, 0.25) is 5.91 Å². The topological polar surface area (TPSA) is 46.4 Å². The highest BCUT2D eigenvalue weighted by Gasteiger charge is 2.19. The molecule has 4 heteroatoms. The molecule has 0 radical (unpaired) electrons. The number of hydrazone groups is 1. The molecular weight excluding hydrogens is 358 g/mol. The first-order valence-corrected chi connectivity index (χ1v) is 10.4. The maximum atomic E-state index is 12.3. The maximum absolute atomic E-state index is 12.3. The Morgan fingerprint density at radius 3 is 2.69 bits per heavy atom. The molecule has 0 bridgehead atoms. The third-order valence-corrected chi connectivity index (χ3v) is 5.50. The van der Waals surface area contributed by atoms with Gasteiger partial charge in [0.15, 0.2) is 0 Å². The van der Waals surface area contributed by atoms with E-state index < -0.39 is 0 Å². The van der Waals surface area contributed by atoms with Crippen molar-refractivity contribution in [1.82, 2.24) is 9.99 Å². The number of nitrogens with one attached hydrogen (secondary N) is 1. The Hall–Kier alpha value is -3.14. The summed E-state index contributed by atoms with van der Waals surface area (Å²) in [5.41, 5.74) is 8.91. The Kier molecular flexibility index (Phi) is 5.89. The molecule has 4 nitrogen and oxygen atoms in total. The van der Waals surface area contributed by atoms with Gasteiger partial charge in [0.1, 0.15) is 0 Å². The van der Waals surface area contributed by atoms with E-state index in [-0.39, 0.29) is 5.91 Å². The molecule has 29 heavy (non-hydrogen) atoms. The summed E-state index contributed by atoms with van der Waals surface area (Å²) in [6.07, 6.45) is 8.88. The first-order chi connectivity index (χ1) is 14.2. The largest absolute Gasteiger partial charge is 0.344 e. The van der Waals surface area contributed by atoms with Crippen LogP contribution in [0.1, 0.15) is 43.0 Å². The molecule has 0 fully saturated rings. The number of hydrogen-bond acceptors (Lipinski definition) is 2. The predicted molar refractivity (Wildman–Crippen MR) is 120 cm³/mol. The minimum absolute atomic E-state index is 0.0592. The predicted octanol–water partition coefficient (Wildman–Crippen LogP) is 5.12. The van der Waals surface area contributed by atoms with Crippen molar-refractivity contribution in [3.05, 3.63) is 77.0 Å². The molecule has 0 saturated carbocycles. The first-order valence-electron chi connectivity index (χ1n) is 10.4.